The number of hydrogen-bond acceptors (Lipinski definition) is 3. The minimum atomic E-state index is 0.343. The van der Waals surface area contributed by atoms with Crippen molar-refractivity contribution in [2.75, 3.05) is 19.7 Å². The molecule has 0 spiro atoms. The van der Waals surface area contributed by atoms with Crippen molar-refractivity contribution in [3.63, 3.8) is 0 Å². The lowest BCUT2D eigenvalue weighted by Gasteiger charge is -2.34. The SMILES string of the molecule is NCC1CCCC1N1CCCC1CCCO. The summed E-state index contributed by atoms with van der Waals surface area (Å²) in [6.45, 7) is 2.46. The summed E-state index contributed by atoms with van der Waals surface area (Å²) in [5.74, 6) is 0.731. The number of hydrogen-bond donors (Lipinski definition) is 2. The molecule has 2 fully saturated rings. The molecule has 3 nitrogen and oxygen atoms in total. The smallest absolute Gasteiger partial charge is 0.0431 e. The Morgan fingerprint density at radius 2 is 2.06 bits per heavy atom. The van der Waals surface area contributed by atoms with E-state index in [1.54, 1.807) is 0 Å². The van der Waals surface area contributed by atoms with Gasteiger partial charge in [0.1, 0.15) is 0 Å². The number of rotatable bonds is 5. The minimum Gasteiger partial charge on any atom is -0.396 e. The van der Waals surface area contributed by atoms with E-state index in [-0.39, 0.29) is 0 Å². The normalized spacial score (nSPS) is 36.0. The molecular weight excluding hydrogens is 200 g/mol. The first-order valence-electron chi connectivity index (χ1n) is 6.93. The number of aliphatic hydroxyl groups is 1. The van der Waals surface area contributed by atoms with E-state index < -0.39 is 0 Å². The summed E-state index contributed by atoms with van der Waals surface area (Å²) in [5, 5.41) is 8.94. The van der Waals surface area contributed by atoms with Gasteiger partial charge >= 0.3 is 0 Å². The standard InChI is InChI=1S/C13H26N2O/c14-10-11-4-1-7-13(11)15-8-2-5-12(15)6-3-9-16/h11-13,16H,1-10,14H2. The van der Waals surface area contributed by atoms with E-state index in [2.05, 4.69) is 4.90 Å². The van der Waals surface area contributed by atoms with Crippen molar-refractivity contribution in [1.82, 2.24) is 4.90 Å². The fourth-order valence-electron chi connectivity index (χ4n) is 3.66. The molecule has 0 aromatic carbocycles. The molecule has 1 heterocycles. The van der Waals surface area contributed by atoms with Crippen LogP contribution in [0.15, 0.2) is 0 Å². The van der Waals surface area contributed by atoms with Gasteiger partial charge in [-0.3, -0.25) is 4.90 Å². The van der Waals surface area contributed by atoms with Gasteiger partial charge < -0.3 is 10.8 Å². The molecule has 1 aliphatic heterocycles. The number of nitrogens with zero attached hydrogens (tertiary/aromatic N) is 1. The first kappa shape index (κ1) is 12.3. The molecule has 3 heteroatoms. The van der Waals surface area contributed by atoms with Gasteiger partial charge in [0.05, 0.1) is 0 Å². The van der Waals surface area contributed by atoms with Crippen LogP contribution in [-0.2, 0) is 0 Å². The molecule has 0 bridgehead atoms. The third-order valence-electron chi connectivity index (χ3n) is 4.47. The molecular formula is C13H26N2O. The zero-order chi connectivity index (χ0) is 11.4. The molecule has 0 radical (unpaired) electrons. The average molecular weight is 226 g/mol. The van der Waals surface area contributed by atoms with Gasteiger partial charge in [0.2, 0.25) is 0 Å². The Kier molecular flexibility index (Phi) is 4.62. The average Bonchev–Trinajstić information content (AvgIpc) is 2.93. The van der Waals surface area contributed by atoms with Crippen LogP contribution in [0.5, 0.6) is 0 Å². The molecule has 3 atom stereocenters. The number of aliphatic hydroxyl groups excluding tert-OH is 1. The van der Waals surface area contributed by atoms with Crippen molar-refractivity contribution in [3.8, 4) is 0 Å². The molecule has 0 aromatic rings. The number of likely N-dealkylation sites (tertiary alicyclic amines) is 1. The third-order valence-corrected chi connectivity index (χ3v) is 4.47. The second kappa shape index (κ2) is 5.99. The van der Waals surface area contributed by atoms with Crippen molar-refractivity contribution in [2.45, 2.75) is 57.0 Å². The van der Waals surface area contributed by atoms with Crippen LogP contribution < -0.4 is 5.73 Å². The summed E-state index contributed by atoms with van der Waals surface area (Å²) in [7, 11) is 0. The van der Waals surface area contributed by atoms with Crippen LogP contribution in [0, 0.1) is 5.92 Å². The molecule has 3 N–H and O–H groups in total. The van der Waals surface area contributed by atoms with Gasteiger partial charge in [-0.2, -0.15) is 0 Å². The lowest BCUT2D eigenvalue weighted by atomic mass is 10.00. The highest BCUT2D eigenvalue weighted by atomic mass is 16.2. The van der Waals surface area contributed by atoms with Gasteiger partial charge in [-0.25, -0.2) is 0 Å². The summed E-state index contributed by atoms with van der Waals surface area (Å²) in [6.07, 6.45) is 8.82. The maximum atomic E-state index is 8.94. The first-order valence-corrected chi connectivity index (χ1v) is 6.93. The molecule has 2 rings (SSSR count). The van der Waals surface area contributed by atoms with Gasteiger partial charge in [0.15, 0.2) is 0 Å². The van der Waals surface area contributed by atoms with E-state index >= 15 is 0 Å². The summed E-state index contributed by atoms with van der Waals surface area (Å²) in [6, 6.07) is 1.47. The second-order valence-electron chi connectivity index (χ2n) is 5.39. The van der Waals surface area contributed by atoms with Crippen LogP contribution in [0.1, 0.15) is 44.9 Å². The van der Waals surface area contributed by atoms with E-state index in [9.17, 15) is 0 Å². The Hall–Kier alpha value is -0.120. The zero-order valence-corrected chi connectivity index (χ0v) is 10.3. The van der Waals surface area contributed by atoms with Crippen molar-refractivity contribution in [1.29, 1.82) is 0 Å². The quantitative estimate of drug-likeness (QED) is 0.744. The Bertz CT molecular complexity index is 210. The largest absolute Gasteiger partial charge is 0.396 e. The monoisotopic (exact) mass is 226 g/mol. The lowest BCUT2D eigenvalue weighted by molar-refractivity contribution is 0.134. The first-order chi connectivity index (χ1) is 7.86. The van der Waals surface area contributed by atoms with Crippen LogP contribution in [-0.4, -0.2) is 41.8 Å². The van der Waals surface area contributed by atoms with Crippen LogP contribution in [0.2, 0.25) is 0 Å². The molecule has 1 saturated heterocycles. The van der Waals surface area contributed by atoms with Crippen molar-refractivity contribution in [2.24, 2.45) is 11.7 Å². The van der Waals surface area contributed by atoms with Gasteiger partial charge in [-0.15, -0.1) is 0 Å². The van der Waals surface area contributed by atoms with Crippen molar-refractivity contribution < 1.29 is 5.11 Å². The van der Waals surface area contributed by atoms with E-state index in [0.717, 1.165) is 31.0 Å². The molecule has 3 unspecified atom stereocenters. The third kappa shape index (κ3) is 2.58. The molecule has 0 amide bonds. The second-order valence-corrected chi connectivity index (χ2v) is 5.39. The number of nitrogens with two attached hydrogens (primary N) is 1. The van der Waals surface area contributed by atoms with Crippen LogP contribution in [0.3, 0.4) is 0 Å². The maximum absolute atomic E-state index is 8.94. The predicted molar refractivity (Wildman–Crippen MR) is 66.2 cm³/mol. The van der Waals surface area contributed by atoms with Gasteiger partial charge in [0.25, 0.3) is 0 Å². The highest BCUT2D eigenvalue weighted by molar-refractivity contribution is 4.92. The van der Waals surface area contributed by atoms with Crippen molar-refractivity contribution in [3.05, 3.63) is 0 Å². The topological polar surface area (TPSA) is 49.5 Å². The summed E-state index contributed by atoms with van der Waals surface area (Å²) >= 11 is 0. The fourth-order valence-corrected chi connectivity index (χ4v) is 3.66. The predicted octanol–water partition coefficient (Wildman–Crippen LogP) is 1.35. The lowest BCUT2D eigenvalue weighted by Crippen LogP contribution is -2.43. The molecule has 1 aliphatic carbocycles. The maximum Gasteiger partial charge on any atom is 0.0431 e. The highest BCUT2D eigenvalue weighted by Crippen LogP contribution is 2.35. The summed E-state index contributed by atoms with van der Waals surface area (Å²) in [5.41, 5.74) is 5.87. The molecule has 16 heavy (non-hydrogen) atoms. The molecule has 2 aliphatic rings. The van der Waals surface area contributed by atoms with Crippen LogP contribution >= 0.6 is 0 Å². The van der Waals surface area contributed by atoms with Crippen LogP contribution in [0.25, 0.3) is 0 Å². The van der Waals surface area contributed by atoms with E-state index in [1.807, 2.05) is 0 Å². The zero-order valence-electron chi connectivity index (χ0n) is 10.3. The van der Waals surface area contributed by atoms with E-state index in [1.165, 1.54) is 45.1 Å². The van der Waals surface area contributed by atoms with Crippen LogP contribution in [0.4, 0.5) is 0 Å². The molecule has 0 aromatic heterocycles. The Morgan fingerprint density at radius 1 is 1.19 bits per heavy atom. The van der Waals surface area contributed by atoms with Gasteiger partial charge in [0, 0.05) is 18.7 Å². The van der Waals surface area contributed by atoms with Gasteiger partial charge in [-0.05, 0) is 57.5 Å². The van der Waals surface area contributed by atoms with Gasteiger partial charge in [-0.1, -0.05) is 6.42 Å². The van der Waals surface area contributed by atoms with E-state index in [0.29, 0.717) is 6.61 Å². The molecule has 94 valence electrons. The summed E-state index contributed by atoms with van der Waals surface area (Å²) < 4.78 is 0. The molecule has 1 saturated carbocycles. The fraction of sp³-hybridized carbons (Fsp3) is 1.00. The Labute approximate surface area is 99.0 Å². The minimum absolute atomic E-state index is 0.343. The van der Waals surface area contributed by atoms with E-state index in [4.69, 9.17) is 10.8 Å². The summed E-state index contributed by atoms with van der Waals surface area (Å²) in [4.78, 5) is 2.71. The Morgan fingerprint density at radius 3 is 2.81 bits per heavy atom. The highest BCUT2D eigenvalue weighted by Gasteiger charge is 2.36. The van der Waals surface area contributed by atoms with Crippen molar-refractivity contribution >= 4 is 0 Å². The Balaban J connectivity index is 1.91.